The normalized spacial score (nSPS) is 11.9. The highest BCUT2D eigenvalue weighted by Crippen LogP contribution is 2.34. The second-order valence-corrected chi connectivity index (χ2v) is 8.31. The SMILES string of the molecule is Cc1sc2nc(SC(C)C(=O)Nc3cccc(C#N)c3)nc(N)c2c1C. The zero-order chi connectivity index (χ0) is 18.8. The van der Waals surface area contributed by atoms with Crippen LogP contribution in [0.3, 0.4) is 0 Å². The molecule has 0 aliphatic rings. The van der Waals surface area contributed by atoms with Gasteiger partial charge in [-0.25, -0.2) is 9.97 Å². The van der Waals surface area contributed by atoms with Crippen LogP contribution in [0.25, 0.3) is 10.2 Å². The van der Waals surface area contributed by atoms with E-state index in [1.807, 2.05) is 13.8 Å². The number of aryl methyl sites for hydroxylation is 2. The highest BCUT2D eigenvalue weighted by Gasteiger charge is 2.19. The first kappa shape index (κ1) is 18.2. The van der Waals surface area contributed by atoms with Gasteiger partial charge in [0.2, 0.25) is 5.91 Å². The molecular weight excluding hydrogens is 366 g/mol. The maximum Gasteiger partial charge on any atom is 0.237 e. The summed E-state index contributed by atoms with van der Waals surface area (Å²) < 4.78 is 0. The number of benzene rings is 1. The van der Waals surface area contributed by atoms with E-state index in [4.69, 9.17) is 11.0 Å². The van der Waals surface area contributed by atoms with Gasteiger partial charge in [0.25, 0.3) is 0 Å². The Morgan fingerprint density at radius 3 is 2.88 bits per heavy atom. The number of carbonyl (C=O) groups is 1. The summed E-state index contributed by atoms with van der Waals surface area (Å²) in [5, 5.41) is 12.7. The Morgan fingerprint density at radius 1 is 1.38 bits per heavy atom. The van der Waals surface area contributed by atoms with Gasteiger partial charge in [-0.15, -0.1) is 11.3 Å². The van der Waals surface area contributed by atoms with Crippen molar-refractivity contribution in [2.24, 2.45) is 0 Å². The molecule has 3 aromatic rings. The number of nitrogens with zero attached hydrogens (tertiary/aromatic N) is 3. The molecule has 0 spiro atoms. The minimum Gasteiger partial charge on any atom is -0.383 e. The number of nitriles is 1. The Balaban J connectivity index is 1.76. The maximum atomic E-state index is 12.4. The highest BCUT2D eigenvalue weighted by molar-refractivity contribution is 8.00. The van der Waals surface area contributed by atoms with Crippen molar-refractivity contribution in [2.75, 3.05) is 11.1 Å². The average Bonchev–Trinajstić information content (AvgIpc) is 2.89. The molecule has 0 bridgehead atoms. The van der Waals surface area contributed by atoms with Crippen molar-refractivity contribution in [3.63, 3.8) is 0 Å². The number of rotatable bonds is 4. The molecule has 8 heteroatoms. The molecule has 0 fully saturated rings. The molecule has 0 radical (unpaired) electrons. The van der Waals surface area contributed by atoms with Crippen LogP contribution >= 0.6 is 23.1 Å². The van der Waals surface area contributed by atoms with E-state index in [1.165, 1.54) is 11.8 Å². The molecule has 1 unspecified atom stereocenters. The number of hydrogen-bond donors (Lipinski definition) is 2. The van der Waals surface area contributed by atoms with Crippen molar-refractivity contribution in [1.82, 2.24) is 9.97 Å². The molecule has 3 N–H and O–H groups in total. The molecule has 2 aromatic heterocycles. The Labute approximate surface area is 159 Å². The van der Waals surface area contributed by atoms with Gasteiger partial charge in [0.05, 0.1) is 22.3 Å². The number of hydrogen-bond acceptors (Lipinski definition) is 7. The van der Waals surface area contributed by atoms with Gasteiger partial charge < -0.3 is 11.1 Å². The largest absolute Gasteiger partial charge is 0.383 e. The number of nitrogens with two attached hydrogens (primary N) is 1. The predicted molar refractivity (Wildman–Crippen MR) is 106 cm³/mol. The lowest BCUT2D eigenvalue weighted by atomic mass is 10.2. The fraction of sp³-hybridized carbons (Fsp3) is 0.222. The Morgan fingerprint density at radius 2 is 2.15 bits per heavy atom. The molecule has 1 aromatic carbocycles. The van der Waals surface area contributed by atoms with Gasteiger partial charge in [-0.3, -0.25) is 4.79 Å². The lowest BCUT2D eigenvalue weighted by Crippen LogP contribution is -2.22. The molecule has 132 valence electrons. The standard InChI is InChI=1S/C18H17N5OS2/c1-9-10(2)25-17-14(9)15(20)22-18(23-17)26-11(3)16(24)21-13-6-4-5-12(7-13)8-19/h4-7,11H,1-3H3,(H,21,24)(H2,20,22,23). The summed E-state index contributed by atoms with van der Waals surface area (Å²) in [7, 11) is 0. The lowest BCUT2D eigenvalue weighted by Gasteiger charge is -2.11. The minimum atomic E-state index is -0.417. The number of anilines is 2. The van der Waals surface area contributed by atoms with Crippen molar-refractivity contribution in [3.05, 3.63) is 40.3 Å². The van der Waals surface area contributed by atoms with Crippen molar-refractivity contribution < 1.29 is 4.79 Å². The van der Waals surface area contributed by atoms with Gasteiger partial charge in [-0.1, -0.05) is 17.8 Å². The predicted octanol–water partition coefficient (Wildman–Crippen LogP) is 3.88. The zero-order valence-corrected chi connectivity index (χ0v) is 16.2. The molecule has 0 saturated carbocycles. The highest BCUT2D eigenvalue weighted by atomic mass is 32.2. The summed E-state index contributed by atoms with van der Waals surface area (Å²) in [6, 6.07) is 8.84. The van der Waals surface area contributed by atoms with Crippen LogP contribution in [0.2, 0.25) is 0 Å². The Kier molecular flexibility index (Phi) is 5.11. The molecule has 2 heterocycles. The Bertz CT molecular complexity index is 1040. The number of thiophene rings is 1. The number of thioether (sulfide) groups is 1. The van der Waals surface area contributed by atoms with E-state index in [2.05, 4.69) is 21.4 Å². The van der Waals surface area contributed by atoms with E-state index in [1.54, 1.807) is 42.5 Å². The number of fused-ring (bicyclic) bond motifs is 1. The summed E-state index contributed by atoms with van der Waals surface area (Å²) in [5.74, 6) is 0.250. The summed E-state index contributed by atoms with van der Waals surface area (Å²) >= 11 is 2.83. The summed E-state index contributed by atoms with van der Waals surface area (Å²) in [4.78, 5) is 23.3. The van der Waals surface area contributed by atoms with Crippen LogP contribution in [0.15, 0.2) is 29.4 Å². The van der Waals surface area contributed by atoms with E-state index in [9.17, 15) is 4.79 Å². The van der Waals surface area contributed by atoms with Crippen molar-refractivity contribution in [2.45, 2.75) is 31.2 Å². The second-order valence-electron chi connectivity index (χ2n) is 5.80. The molecule has 3 rings (SSSR count). The zero-order valence-electron chi connectivity index (χ0n) is 14.5. The monoisotopic (exact) mass is 383 g/mol. The van der Waals surface area contributed by atoms with Crippen LogP contribution in [-0.2, 0) is 4.79 Å². The van der Waals surface area contributed by atoms with Gasteiger partial charge in [0.1, 0.15) is 10.6 Å². The fourth-order valence-electron chi connectivity index (χ4n) is 2.43. The molecule has 26 heavy (non-hydrogen) atoms. The fourth-order valence-corrected chi connectivity index (χ4v) is 4.31. The number of carbonyl (C=O) groups excluding carboxylic acids is 1. The quantitative estimate of drug-likeness (QED) is 0.523. The lowest BCUT2D eigenvalue weighted by molar-refractivity contribution is -0.115. The van der Waals surface area contributed by atoms with E-state index in [0.717, 1.165) is 20.7 Å². The summed E-state index contributed by atoms with van der Waals surface area (Å²) in [6.45, 7) is 5.81. The third-order valence-corrected chi connectivity index (χ3v) is 6.01. The number of aromatic nitrogens is 2. The van der Waals surface area contributed by atoms with Crippen molar-refractivity contribution in [1.29, 1.82) is 5.26 Å². The Hall–Kier alpha value is -2.63. The molecule has 6 nitrogen and oxygen atoms in total. The third kappa shape index (κ3) is 3.64. The first-order valence-electron chi connectivity index (χ1n) is 7.90. The summed E-state index contributed by atoms with van der Waals surface area (Å²) in [6.07, 6.45) is 0. The van der Waals surface area contributed by atoms with Gasteiger partial charge in [0, 0.05) is 10.6 Å². The van der Waals surface area contributed by atoms with Crippen LogP contribution in [0.4, 0.5) is 11.5 Å². The summed E-state index contributed by atoms with van der Waals surface area (Å²) in [5.41, 5.74) is 8.27. The van der Waals surface area contributed by atoms with E-state index < -0.39 is 5.25 Å². The smallest absolute Gasteiger partial charge is 0.237 e. The molecule has 1 atom stereocenters. The van der Waals surface area contributed by atoms with E-state index in [-0.39, 0.29) is 5.91 Å². The number of nitrogens with one attached hydrogen (secondary N) is 1. The average molecular weight is 384 g/mol. The number of nitrogen functional groups attached to an aromatic ring is 1. The van der Waals surface area contributed by atoms with Crippen molar-refractivity contribution in [3.8, 4) is 6.07 Å². The molecule has 0 aliphatic heterocycles. The van der Waals surface area contributed by atoms with Crippen LogP contribution in [-0.4, -0.2) is 21.1 Å². The second kappa shape index (κ2) is 7.32. The third-order valence-electron chi connectivity index (χ3n) is 3.95. The van der Waals surface area contributed by atoms with E-state index >= 15 is 0 Å². The molecule has 0 aliphatic carbocycles. The topological polar surface area (TPSA) is 105 Å². The van der Waals surface area contributed by atoms with Crippen LogP contribution < -0.4 is 11.1 Å². The van der Waals surface area contributed by atoms with Crippen LogP contribution in [0.5, 0.6) is 0 Å². The van der Waals surface area contributed by atoms with Gasteiger partial charge in [-0.05, 0) is 44.5 Å². The maximum absolute atomic E-state index is 12.4. The minimum absolute atomic E-state index is 0.189. The van der Waals surface area contributed by atoms with Crippen LogP contribution in [0, 0.1) is 25.2 Å². The van der Waals surface area contributed by atoms with Gasteiger partial charge in [0.15, 0.2) is 5.16 Å². The molecule has 0 saturated heterocycles. The van der Waals surface area contributed by atoms with Crippen LogP contribution in [0.1, 0.15) is 22.9 Å². The number of amides is 1. The molecular formula is C18H17N5OS2. The first-order valence-corrected chi connectivity index (χ1v) is 9.59. The first-order chi connectivity index (χ1) is 12.4. The van der Waals surface area contributed by atoms with Crippen molar-refractivity contribution >= 4 is 50.7 Å². The van der Waals surface area contributed by atoms with E-state index in [0.29, 0.717) is 22.2 Å². The van der Waals surface area contributed by atoms with Gasteiger partial charge >= 0.3 is 0 Å². The van der Waals surface area contributed by atoms with Gasteiger partial charge in [-0.2, -0.15) is 5.26 Å². The molecule has 1 amide bonds.